The molecule has 0 amide bonds. The van der Waals surface area contributed by atoms with E-state index in [2.05, 4.69) is 19.1 Å². The van der Waals surface area contributed by atoms with Gasteiger partial charge in [0.15, 0.2) is 12.2 Å². The minimum atomic E-state index is -3.66. The second kappa shape index (κ2) is 25.1. The second-order valence-corrected chi connectivity index (χ2v) is 18.9. The lowest BCUT2D eigenvalue weighted by Gasteiger charge is -2.47. The summed E-state index contributed by atoms with van der Waals surface area (Å²) in [7, 11) is 0. The quantitative estimate of drug-likeness (QED) is 0.0629. The molecule has 72 heavy (non-hydrogen) atoms. The molecular formula is C60H68F4O8. The molecule has 6 aromatic rings. The molecule has 0 unspecified atom stereocenters. The van der Waals surface area contributed by atoms with Crippen LogP contribution in [0.3, 0.4) is 0 Å². The molecule has 2 heterocycles. The number of alkyl halides is 4. The molecular weight excluding hydrogens is 925 g/mol. The average Bonchev–Trinajstić information content (AvgIpc) is 3.40. The number of hydrogen-bond donors (Lipinski definition) is 4. The molecule has 0 radical (unpaired) electrons. The number of aryl methyl sites for hydroxylation is 2. The summed E-state index contributed by atoms with van der Waals surface area (Å²) in [6.45, 7) is 7.86. The number of hydrogen-bond acceptors (Lipinski definition) is 8. The van der Waals surface area contributed by atoms with Crippen molar-refractivity contribution in [3.8, 4) is 0 Å². The van der Waals surface area contributed by atoms with Crippen LogP contribution < -0.4 is 0 Å². The number of halogens is 4. The molecule has 0 saturated carbocycles. The van der Waals surface area contributed by atoms with Gasteiger partial charge < -0.3 is 39.4 Å². The van der Waals surface area contributed by atoms with Gasteiger partial charge in [-0.1, -0.05) is 185 Å². The van der Waals surface area contributed by atoms with Gasteiger partial charge in [0, 0.05) is 17.0 Å². The van der Waals surface area contributed by atoms with E-state index in [0.29, 0.717) is 30.6 Å². The molecule has 0 spiro atoms. The Morgan fingerprint density at radius 1 is 0.458 bits per heavy atom. The van der Waals surface area contributed by atoms with Gasteiger partial charge in [-0.3, -0.25) is 0 Å². The summed E-state index contributed by atoms with van der Waals surface area (Å²) in [5, 5.41) is 39.2. The van der Waals surface area contributed by atoms with Crippen molar-refractivity contribution in [3.63, 3.8) is 0 Å². The predicted octanol–water partition coefficient (Wildman–Crippen LogP) is 10.7. The van der Waals surface area contributed by atoms with Crippen molar-refractivity contribution < 1.29 is 56.9 Å². The highest BCUT2D eigenvalue weighted by Crippen LogP contribution is 2.46. The number of rotatable bonds is 18. The fourth-order valence-corrected chi connectivity index (χ4v) is 9.73. The molecule has 2 saturated heterocycles. The Kier molecular flexibility index (Phi) is 19.0. The van der Waals surface area contributed by atoms with Crippen molar-refractivity contribution >= 4 is 0 Å². The van der Waals surface area contributed by atoms with Crippen molar-refractivity contribution in [3.05, 3.63) is 213 Å². The van der Waals surface area contributed by atoms with Crippen LogP contribution in [0.1, 0.15) is 89.8 Å². The van der Waals surface area contributed by atoms with Crippen molar-refractivity contribution in [1.29, 1.82) is 0 Å². The molecule has 6 aromatic carbocycles. The average molecular weight is 993 g/mol. The van der Waals surface area contributed by atoms with Gasteiger partial charge >= 0.3 is 11.8 Å². The van der Waals surface area contributed by atoms with Gasteiger partial charge in [0.2, 0.25) is 0 Å². The van der Waals surface area contributed by atoms with E-state index in [0.717, 1.165) is 40.7 Å². The van der Waals surface area contributed by atoms with Crippen LogP contribution in [0.25, 0.3) is 0 Å². The highest BCUT2D eigenvalue weighted by atomic mass is 19.3. The van der Waals surface area contributed by atoms with E-state index < -0.39 is 73.4 Å². The van der Waals surface area contributed by atoms with Gasteiger partial charge in [-0.25, -0.2) is 0 Å². The Morgan fingerprint density at radius 3 is 1.31 bits per heavy atom. The van der Waals surface area contributed by atoms with Gasteiger partial charge in [0.1, 0.15) is 30.5 Å². The molecule has 0 bridgehead atoms. The Labute approximate surface area is 421 Å². The van der Waals surface area contributed by atoms with Crippen LogP contribution in [0.2, 0.25) is 0 Å². The smallest absolute Gasteiger partial charge is 0.301 e. The summed E-state index contributed by atoms with van der Waals surface area (Å²) < 4.78 is 89.2. The largest absolute Gasteiger partial charge is 0.394 e. The maximum atomic E-state index is 17.0. The van der Waals surface area contributed by atoms with Gasteiger partial charge in [-0.15, -0.1) is 0 Å². The lowest BCUT2D eigenvalue weighted by Crippen LogP contribution is -2.62. The Bertz CT molecular complexity index is 2560. The van der Waals surface area contributed by atoms with Gasteiger partial charge in [-0.2, -0.15) is 17.6 Å². The van der Waals surface area contributed by atoms with E-state index >= 15 is 17.6 Å². The number of ether oxygens (including phenoxy) is 4. The zero-order valence-corrected chi connectivity index (χ0v) is 41.4. The van der Waals surface area contributed by atoms with Crippen molar-refractivity contribution in [2.45, 2.75) is 140 Å². The fraction of sp³-hybridized carbons (Fsp3) is 0.400. The van der Waals surface area contributed by atoms with Crippen molar-refractivity contribution in [1.82, 2.24) is 0 Å². The summed E-state index contributed by atoms with van der Waals surface area (Å²) in [4.78, 5) is 0. The minimum absolute atomic E-state index is 0.0286. The van der Waals surface area contributed by atoms with E-state index in [4.69, 9.17) is 18.9 Å². The van der Waals surface area contributed by atoms with E-state index in [1.54, 1.807) is 24.3 Å². The third-order valence-electron chi connectivity index (χ3n) is 14.0. The number of aliphatic hydroxyl groups excluding tert-OH is 4. The van der Waals surface area contributed by atoms with Gasteiger partial charge in [-0.05, 0) is 76.6 Å². The van der Waals surface area contributed by atoms with Crippen molar-refractivity contribution in [2.24, 2.45) is 5.92 Å². The van der Waals surface area contributed by atoms with Crippen LogP contribution in [-0.4, -0.2) is 82.0 Å². The van der Waals surface area contributed by atoms with Gasteiger partial charge in [0.25, 0.3) is 0 Å². The van der Waals surface area contributed by atoms with Gasteiger partial charge in [0.05, 0.1) is 32.0 Å². The van der Waals surface area contributed by atoms with Crippen LogP contribution >= 0.6 is 0 Å². The summed E-state index contributed by atoms with van der Waals surface area (Å²) >= 11 is 0. The van der Waals surface area contributed by atoms with Crippen LogP contribution in [0, 0.1) is 5.92 Å². The molecule has 10 atom stereocenters. The first-order valence-corrected chi connectivity index (χ1v) is 25.0. The monoisotopic (exact) mass is 992 g/mol. The Hall–Kier alpha value is -5.28. The molecule has 8 rings (SSSR count). The van der Waals surface area contributed by atoms with Crippen LogP contribution in [0.5, 0.6) is 0 Å². The normalized spacial score (nSPS) is 24.6. The van der Waals surface area contributed by atoms with E-state index in [1.165, 1.54) is 23.8 Å². The minimum Gasteiger partial charge on any atom is -0.394 e. The van der Waals surface area contributed by atoms with E-state index in [-0.39, 0.29) is 30.1 Å². The topological polar surface area (TPSA) is 118 Å². The molecule has 0 aliphatic carbocycles. The maximum absolute atomic E-state index is 17.0. The molecule has 2 aliphatic heterocycles. The Balaban J connectivity index is 0.000000228. The van der Waals surface area contributed by atoms with Crippen molar-refractivity contribution in [2.75, 3.05) is 6.61 Å². The maximum Gasteiger partial charge on any atom is 0.301 e. The first kappa shape index (κ1) is 54.5. The highest BCUT2D eigenvalue weighted by molar-refractivity contribution is 5.39. The zero-order chi connectivity index (χ0) is 51.4. The number of benzene rings is 6. The fourth-order valence-electron chi connectivity index (χ4n) is 9.73. The standard InChI is InChI=1S/C38H42F2O3.C22H26F2O5/c1-4-28-20-22-29(23-21-28)24-32-18-12-13-19-33(32)38(39,40)37-36(42-26-31-16-10-7-11-17-31)35(27(3)34(5-2)43-37)41-25-30-14-8-6-9-15-30;1-2-13-7-9-14(10-8-13)11-15-5-3-4-6-16(15)22(23,24)21-20(28)19(27)18(26)17(12-25)29-21/h6-23,27,34-37H,4-5,24-26H2,1-3H3;3-10,17-21,25-28H,2,11-12H2,1H3/t27-,34-,35+,36-,37-;17-,18-,19+,20-,21-/m11/s1. The molecule has 8 nitrogen and oxygen atoms in total. The number of aliphatic hydroxyl groups is 4. The van der Waals surface area contributed by atoms with Crippen LogP contribution in [0.15, 0.2) is 158 Å². The summed E-state index contributed by atoms with van der Waals surface area (Å²) in [5.74, 6) is -7.13. The molecule has 384 valence electrons. The first-order valence-electron chi connectivity index (χ1n) is 25.0. The van der Waals surface area contributed by atoms with Crippen LogP contribution in [0.4, 0.5) is 17.6 Å². The molecule has 4 N–H and O–H groups in total. The highest BCUT2D eigenvalue weighted by Gasteiger charge is 2.57. The van der Waals surface area contributed by atoms with E-state index in [9.17, 15) is 20.4 Å². The summed E-state index contributed by atoms with van der Waals surface area (Å²) in [6, 6.07) is 48.1. The lowest BCUT2D eigenvalue weighted by molar-refractivity contribution is -0.287. The molecule has 2 aliphatic rings. The third-order valence-corrected chi connectivity index (χ3v) is 14.0. The van der Waals surface area contributed by atoms with Crippen LogP contribution in [-0.2, 0) is 69.7 Å². The van der Waals surface area contributed by atoms with E-state index in [1.807, 2.05) is 124 Å². The third kappa shape index (κ3) is 12.9. The SMILES string of the molecule is CCc1ccc(Cc2ccccc2C(F)(F)[C@@H]2O[C@H](CC)[C@@H](C)[C@H](OCc3ccccc3)[C@H]2OCc2ccccc2)cc1.CCc1ccc(Cc2ccccc2C(F)(F)[C@@H]2O[C@H](CO)[C@@H](O)[C@H](O)[C@H]2O)cc1. The molecule has 0 aromatic heterocycles. The zero-order valence-electron chi connectivity index (χ0n) is 41.4. The summed E-state index contributed by atoms with van der Waals surface area (Å²) in [5.41, 5.74) is 6.69. The summed E-state index contributed by atoms with van der Waals surface area (Å²) in [6.07, 6.45) is -9.50. The predicted molar refractivity (Wildman–Crippen MR) is 270 cm³/mol. The Morgan fingerprint density at radius 2 is 0.861 bits per heavy atom. The second-order valence-electron chi connectivity index (χ2n) is 18.9. The lowest BCUT2D eigenvalue weighted by atomic mass is 9.82. The molecule has 12 heteroatoms. The first-order chi connectivity index (χ1) is 34.7. The molecule has 2 fully saturated rings.